The monoisotopic (exact) mass is 391 g/mol. The topological polar surface area (TPSA) is 7.12 Å². The number of para-hydroxylation sites is 1. The molecule has 3 heteroatoms. The van der Waals surface area contributed by atoms with Gasteiger partial charge in [0, 0.05) is 36.0 Å². The minimum Gasteiger partial charge on any atom is -0.347 e. The maximum atomic E-state index is 2.37. The maximum absolute atomic E-state index is 2.37. The highest BCUT2D eigenvalue weighted by Crippen LogP contribution is 2.46. The molecule has 0 fully saturated rings. The smallest absolute Gasteiger partial charge is 0.262 e. The molecule has 0 N–H and O–H groups in total. The van der Waals surface area contributed by atoms with Crippen LogP contribution in [0.1, 0.15) is 48.8 Å². The number of nitrogens with zero attached hydrogens (tertiary/aromatic N) is 2. The largest absolute Gasteiger partial charge is 0.347 e. The number of fused-ring (bicyclic) bond motifs is 1. The molecule has 0 bridgehead atoms. The third kappa shape index (κ3) is 3.64. The molecule has 3 rings (SSSR count). The molecule has 1 aliphatic rings. The summed E-state index contributed by atoms with van der Waals surface area (Å²) in [4.78, 5) is 3.67. The van der Waals surface area contributed by atoms with Gasteiger partial charge in [-0.2, -0.15) is 4.57 Å². The molecule has 0 saturated carbocycles. The summed E-state index contributed by atoms with van der Waals surface area (Å²) in [5, 5.41) is 1.29. The van der Waals surface area contributed by atoms with Gasteiger partial charge >= 0.3 is 0 Å². The van der Waals surface area contributed by atoms with Crippen LogP contribution in [-0.4, -0.2) is 7.05 Å². The lowest BCUT2D eigenvalue weighted by molar-refractivity contribution is -0.692. The third-order valence-electron chi connectivity index (χ3n) is 5.47. The molecular weight excluding hydrogens is 360 g/mol. The lowest BCUT2D eigenvalue weighted by Crippen LogP contribution is -2.36. The number of allylic oxidation sites excluding steroid dienone is 6. The Morgan fingerprint density at radius 2 is 1.86 bits per heavy atom. The molecule has 2 heterocycles. The maximum Gasteiger partial charge on any atom is 0.262 e. The second kappa shape index (κ2) is 8.32. The third-order valence-corrected chi connectivity index (χ3v) is 6.55. The molecule has 1 aromatic carbocycles. The summed E-state index contributed by atoms with van der Waals surface area (Å²) in [6.07, 6.45) is 15.2. The number of aryl methyl sites for hydroxylation is 1. The number of hydrogen-bond donors (Lipinski definition) is 0. The summed E-state index contributed by atoms with van der Waals surface area (Å²) in [5.41, 5.74) is 5.35. The first kappa shape index (κ1) is 20.3. The van der Waals surface area contributed by atoms with E-state index in [1.54, 1.807) is 0 Å². The quantitative estimate of drug-likeness (QED) is 0.430. The lowest BCUT2D eigenvalue weighted by Gasteiger charge is -2.23. The molecule has 0 aliphatic carbocycles. The molecule has 2 nitrogen and oxygen atoms in total. The second-order valence-electron chi connectivity index (χ2n) is 7.62. The fourth-order valence-corrected chi connectivity index (χ4v) is 5.12. The minimum absolute atomic E-state index is 0.0247. The Hall–Kier alpha value is -2.39. The number of hydrogen-bond acceptors (Lipinski definition) is 2. The van der Waals surface area contributed by atoms with Crippen LogP contribution in [0, 0.1) is 6.92 Å². The zero-order valence-electron chi connectivity index (χ0n) is 17.9. The van der Waals surface area contributed by atoms with Crippen LogP contribution in [0.25, 0.3) is 12.2 Å². The standard InChI is InChI=1S/C25H31N2S/c1-7-14-21-19(3)28-24(27(21)8-2)18-11-9-10-17-23-25(4,5)20-15-12-13-16-22(20)26(23)6/h7,9-18H,8H2,1-6H3/q+1/b14-7-. The van der Waals surface area contributed by atoms with Crippen LogP contribution in [0.2, 0.25) is 0 Å². The second-order valence-corrected chi connectivity index (χ2v) is 8.86. The Kier molecular flexibility index (Phi) is 6.04. The Labute approximate surface area is 173 Å². The van der Waals surface area contributed by atoms with E-state index in [1.165, 1.54) is 32.5 Å². The van der Waals surface area contributed by atoms with Crippen LogP contribution in [0.15, 0.2) is 60.3 Å². The fraction of sp³-hybridized carbons (Fsp3) is 0.320. The van der Waals surface area contributed by atoms with Gasteiger partial charge in [0.2, 0.25) is 5.69 Å². The van der Waals surface area contributed by atoms with Gasteiger partial charge in [0.1, 0.15) is 6.54 Å². The SMILES string of the molecule is C/C=C\c1c(C)sc(/C=C/C=C/C=C2/N(C)c3ccccc3C2(C)C)[n+]1CC. The first-order chi connectivity index (χ1) is 13.4. The Morgan fingerprint density at radius 3 is 2.54 bits per heavy atom. The van der Waals surface area contributed by atoms with E-state index in [-0.39, 0.29) is 5.41 Å². The number of likely N-dealkylation sites (N-methyl/N-ethyl adjacent to an activating group) is 1. The van der Waals surface area contributed by atoms with Gasteiger partial charge in [-0.1, -0.05) is 67.7 Å². The molecule has 1 aliphatic heterocycles. The van der Waals surface area contributed by atoms with E-state index < -0.39 is 0 Å². The van der Waals surface area contributed by atoms with Crippen molar-refractivity contribution in [3.05, 3.63) is 81.5 Å². The van der Waals surface area contributed by atoms with Gasteiger partial charge in [0.25, 0.3) is 5.01 Å². The molecule has 0 radical (unpaired) electrons. The average Bonchev–Trinajstić information content (AvgIpc) is 3.08. The van der Waals surface area contributed by atoms with Crippen molar-refractivity contribution in [2.75, 3.05) is 11.9 Å². The summed E-state index contributed by atoms with van der Waals surface area (Å²) in [5.74, 6) is 0. The van der Waals surface area contributed by atoms with Gasteiger partial charge in [-0.05, 0) is 38.5 Å². The number of thiazole rings is 1. The van der Waals surface area contributed by atoms with E-state index >= 15 is 0 Å². The Morgan fingerprint density at radius 1 is 1.11 bits per heavy atom. The normalized spacial score (nSPS) is 17.6. The van der Waals surface area contributed by atoms with Gasteiger partial charge in [-0.15, -0.1) is 0 Å². The van der Waals surface area contributed by atoms with Crippen molar-refractivity contribution < 1.29 is 4.57 Å². The summed E-state index contributed by atoms with van der Waals surface area (Å²) < 4.78 is 2.37. The predicted octanol–water partition coefficient (Wildman–Crippen LogP) is 6.28. The Bertz CT molecular complexity index is 970. The van der Waals surface area contributed by atoms with E-state index in [0.717, 1.165) is 6.54 Å². The molecule has 0 atom stereocenters. The molecule has 1 aromatic heterocycles. The summed E-state index contributed by atoms with van der Waals surface area (Å²) in [6, 6.07) is 8.68. The number of rotatable bonds is 5. The van der Waals surface area contributed by atoms with E-state index in [4.69, 9.17) is 0 Å². The summed E-state index contributed by atoms with van der Waals surface area (Å²) in [7, 11) is 2.16. The van der Waals surface area contributed by atoms with Crippen LogP contribution in [0.5, 0.6) is 0 Å². The van der Waals surface area contributed by atoms with Gasteiger partial charge in [0.15, 0.2) is 0 Å². The molecular formula is C25H31N2S+. The van der Waals surface area contributed by atoms with E-state index in [2.05, 4.69) is 118 Å². The van der Waals surface area contributed by atoms with Gasteiger partial charge in [-0.3, -0.25) is 0 Å². The van der Waals surface area contributed by atoms with Crippen molar-refractivity contribution in [2.45, 2.75) is 46.6 Å². The van der Waals surface area contributed by atoms with Crippen LogP contribution < -0.4 is 9.47 Å². The van der Waals surface area contributed by atoms with Gasteiger partial charge in [0.05, 0.1) is 4.88 Å². The lowest BCUT2D eigenvalue weighted by atomic mass is 9.84. The predicted molar refractivity (Wildman–Crippen MR) is 124 cm³/mol. The number of aromatic nitrogens is 1. The van der Waals surface area contributed by atoms with Crippen LogP contribution >= 0.6 is 11.3 Å². The van der Waals surface area contributed by atoms with E-state index in [0.29, 0.717) is 0 Å². The van der Waals surface area contributed by atoms with Crippen molar-refractivity contribution in [1.82, 2.24) is 0 Å². The van der Waals surface area contributed by atoms with E-state index in [1.807, 2.05) is 11.3 Å². The van der Waals surface area contributed by atoms with Crippen LogP contribution in [-0.2, 0) is 12.0 Å². The summed E-state index contributed by atoms with van der Waals surface area (Å²) in [6.45, 7) is 12.0. The van der Waals surface area contributed by atoms with Crippen molar-refractivity contribution in [3.8, 4) is 0 Å². The molecule has 0 saturated heterocycles. The van der Waals surface area contributed by atoms with Crippen LogP contribution in [0.3, 0.4) is 0 Å². The van der Waals surface area contributed by atoms with Crippen molar-refractivity contribution in [3.63, 3.8) is 0 Å². The molecule has 28 heavy (non-hydrogen) atoms. The molecule has 0 spiro atoms. The van der Waals surface area contributed by atoms with Gasteiger partial charge in [-0.25, -0.2) is 0 Å². The van der Waals surface area contributed by atoms with Crippen LogP contribution in [0.4, 0.5) is 5.69 Å². The first-order valence-corrected chi connectivity index (χ1v) is 10.8. The zero-order chi connectivity index (χ0) is 20.3. The molecule has 146 valence electrons. The van der Waals surface area contributed by atoms with E-state index in [9.17, 15) is 0 Å². The zero-order valence-corrected chi connectivity index (χ0v) is 18.7. The van der Waals surface area contributed by atoms with Gasteiger partial charge < -0.3 is 4.90 Å². The highest BCUT2D eigenvalue weighted by atomic mass is 32.1. The fourth-order valence-electron chi connectivity index (χ4n) is 4.04. The molecule has 0 amide bonds. The molecule has 2 aromatic rings. The van der Waals surface area contributed by atoms with Crippen molar-refractivity contribution in [2.24, 2.45) is 0 Å². The first-order valence-electron chi connectivity index (χ1n) is 9.96. The number of anilines is 1. The number of benzene rings is 1. The summed E-state index contributed by atoms with van der Waals surface area (Å²) >= 11 is 1.85. The minimum atomic E-state index is 0.0247. The highest BCUT2D eigenvalue weighted by molar-refractivity contribution is 7.12. The average molecular weight is 392 g/mol. The highest BCUT2D eigenvalue weighted by Gasteiger charge is 2.37. The van der Waals surface area contributed by atoms with Crippen molar-refractivity contribution in [1.29, 1.82) is 0 Å². The Balaban J connectivity index is 1.80. The molecule has 0 unspecified atom stereocenters. The van der Waals surface area contributed by atoms with Crippen molar-refractivity contribution >= 4 is 29.2 Å².